The normalized spacial score (nSPS) is 15.4. The topological polar surface area (TPSA) is 35.0 Å². The molecular weight excluding hydrogens is 291 g/mol. The fourth-order valence-corrected chi connectivity index (χ4v) is 2.99. The quantitative estimate of drug-likeness (QED) is 0.777. The van der Waals surface area contributed by atoms with E-state index in [0.29, 0.717) is 22.5 Å². The average molecular weight is 307 g/mol. The first-order valence-corrected chi connectivity index (χ1v) is 7.43. The Hall–Kier alpha value is -1.68. The molecule has 0 atom stereocenters. The maximum absolute atomic E-state index is 13.5. The molecule has 1 aromatic heterocycles. The minimum Gasteiger partial charge on any atom is -0.494 e. The molecule has 1 saturated carbocycles. The number of nitrogens with zero attached hydrogens (tertiary/aromatic N) is 2. The van der Waals surface area contributed by atoms with Crippen LogP contribution in [-0.2, 0) is 0 Å². The van der Waals surface area contributed by atoms with Crippen molar-refractivity contribution < 1.29 is 9.13 Å². The van der Waals surface area contributed by atoms with E-state index in [1.165, 1.54) is 26.0 Å². The Morgan fingerprint density at radius 1 is 1.19 bits per heavy atom. The first-order chi connectivity index (χ1) is 10.2. The molecule has 0 N–H and O–H groups in total. The molecule has 0 unspecified atom stereocenters. The zero-order valence-corrected chi connectivity index (χ0v) is 12.5. The molecule has 0 radical (unpaired) electrons. The van der Waals surface area contributed by atoms with Crippen molar-refractivity contribution in [1.29, 1.82) is 0 Å². The summed E-state index contributed by atoms with van der Waals surface area (Å²) < 4.78 is 18.5. The molecule has 5 heteroatoms. The Morgan fingerprint density at radius 2 is 1.95 bits per heavy atom. The second-order valence-corrected chi connectivity index (χ2v) is 5.66. The van der Waals surface area contributed by atoms with Crippen LogP contribution in [0.25, 0.3) is 11.4 Å². The molecule has 1 heterocycles. The molecule has 2 aromatic rings. The summed E-state index contributed by atoms with van der Waals surface area (Å²) in [6, 6.07) is 6.43. The van der Waals surface area contributed by atoms with Gasteiger partial charge >= 0.3 is 0 Å². The lowest BCUT2D eigenvalue weighted by Gasteiger charge is -2.11. The molecule has 1 fully saturated rings. The van der Waals surface area contributed by atoms with E-state index in [1.54, 1.807) is 12.1 Å². The minimum atomic E-state index is -0.403. The van der Waals surface area contributed by atoms with Gasteiger partial charge in [0.1, 0.15) is 5.15 Å². The molecular formula is C16H16ClFN2O. The molecule has 1 aliphatic carbocycles. The molecule has 0 saturated heterocycles. The number of hydrogen-bond donors (Lipinski definition) is 0. The Morgan fingerprint density at radius 3 is 2.67 bits per heavy atom. The Bertz CT molecular complexity index is 657. The number of halogens is 2. The SMILES string of the molecule is COc1cc(-c2nc(Cl)cc(C3CCCC3)n2)ccc1F. The predicted octanol–water partition coefficient (Wildman–Crippen LogP) is 4.60. The van der Waals surface area contributed by atoms with Gasteiger partial charge in [-0.05, 0) is 37.1 Å². The van der Waals surface area contributed by atoms with Crippen LogP contribution in [0.1, 0.15) is 37.3 Å². The standard InChI is InChI=1S/C16H16ClFN2O/c1-21-14-8-11(6-7-12(14)18)16-19-13(9-15(17)20-16)10-4-2-3-5-10/h6-10H,2-5H2,1H3. The summed E-state index contributed by atoms with van der Waals surface area (Å²) in [6.45, 7) is 0. The zero-order chi connectivity index (χ0) is 14.8. The van der Waals surface area contributed by atoms with Gasteiger partial charge in [0.25, 0.3) is 0 Å². The number of ether oxygens (including phenoxy) is 1. The number of rotatable bonds is 3. The third kappa shape index (κ3) is 3.00. The van der Waals surface area contributed by atoms with Crippen molar-refractivity contribution in [3.63, 3.8) is 0 Å². The van der Waals surface area contributed by atoms with E-state index in [2.05, 4.69) is 9.97 Å². The van der Waals surface area contributed by atoms with Crippen LogP contribution in [0.2, 0.25) is 5.15 Å². The van der Waals surface area contributed by atoms with Gasteiger partial charge in [-0.2, -0.15) is 0 Å². The lowest BCUT2D eigenvalue weighted by molar-refractivity contribution is 0.386. The van der Waals surface area contributed by atoms with Gasteiger partial charge in [-0.25, -0.2) is 14.4 Å². The van der Waals surface area contributed by atoms with Gasteiger partial charge in [0, 0.05) is 17.2 Å². The van der Waals surface area contributed by atoms with Gasteiger partial charge in [-0.3, -0.25) is 0 Å². The van der Waals surface area contributed by atoms with Crippen LogP contribution in [0.3, 0.4) is 0 Å². The first-order valence-electron chi connectivity index (χ1n) is 7.06. The summed E-state index contributed by atoms with van der Waals surface area (Å²) in [4.78, 5) is 8.87. The largest absolute Gasteiger partial charge is 0.494 e. The lowest BCUT2D eigenvalue weighted by atomic mass is 10.0. The molecule has 21 heavy (non-hydrogen) atoms. The maximum Gasteiger partial charge on any atom is 0.165 e. The Kier molecular flexibility index (Phi) is 4.06. The highest BCUT2D eigenvalue weighted by Crippen LogP contribution is 2.35. The van der Waals surface area contributed by atoms with Crippen molar-refractivity contribution in [3.8, 4) is 17.1 Å². The summed E-state index contributed by atoms with van der Waals surface area (Å²) >= 11 is 6.13. The average Bonchev–Trinajstić information content (AvgIpc) is 3.01. The summed E-state index contributed by atoms with van der Waals surface area (Å²) in [5.41, 5.74) is 1.68. The number of methoxy groups -OCH3 is 1. The molecule has 110 valence electrons. The van der Waals surface area contributed by atoms with Gasteiger partial charge in [-0.1, -0.05) is 24.4 Å². The van der Waals surface area contributed by atoms with Crippen LogP contribution in [0.4, 0.5) is 4.39 Å². The summed E-state index contributed by atoms with van der Waals surface area (Å²) in [5.74, 6) is 0.743. The van der Waals surface area contributed by atoms with Crippen LogP contribution in [0, 0.1) is 5.82 Å². The Balaban J connectivity index is 2.01. The number of hydrogen-bond acceptors (Lipinski definition) is 3. The monoisotopic (exact) mass is 306 g/mol. The fraction of sp³-hybridized carbons (Fsp3) is 0.375. The molecule has 3 nitrogen and oxygen atoms in total. The van der Waals surface area contributed by atoms with Crippen molar-refractivity contribution in [1.82, 2.24) is 9.97 Å². The van der Waals surface area contributed by atoms with Crippen LogP contribution < -0.4 is 4.74 Å². The molecule has 0 spiro atoms. The van der Waals surface area contributed by atoms with Gasteiger partial charge in [0.05, 0.1) is 7.11 Å². The summed E-state index contributed by atoms with van der Waals surface area (Å²) in [7, 11) is 1.44. The van der Waals surface area contributed by atoms with Crippen LogP contribution in [0.15, 0.2) is 24.3 Å². The second-order valence-electron chi connectivity index (χ2n) is 5.27. The number of benzene rings is 1. The fourth-order valence-electron chi connectivity index (χ4n) is 2.79. The van der Waals surface area contributed by atoms with Crippen LogP contribution in [-0.4, -0.2) is 17.1 Å². The second kappa shape index (κ2) is 5.98. The van der Waals surface area contributed by atoms with E-state index in [9.17, 15) is 4.39 Å². The lowest BCUT2D eigenvalue weighted by Crippen LogP contribution is -2.01. The van der Waals surface area contributed by atoms with Crippen LogP contribution in [0.5, 0.6) is 5.75 Å². The van der Waals surface area contributed by atoms with Crippen molar-refractivity contribution in [2.45, 2.75) is 31.6 Å². The van der Waals surface area contributed by atoms with Gasteiger partial charge in [-0.15, -0.1) is 0 Å². The maximum atomic E-state index is 13.5. The van der Waals surface area contributed by atoms with E-state index in [-0.39, 0.29) is 5.75 Å². The third-order valence-corrected chi connectivity index (χ3v) is 4.09. The first kappa shape index (κ1) is 14.3. The predicted molar refractivity (Wildman–Crippen MR) is 80.2 cm³/mol. The molecule has 0 aliphatic heterocycles. The van der Waals surface area contributed by atoms with Crippen molar-refractivity contribution in [2.75, 3.05) is 7.11 Å². The number of aromatic nitrogens is 2. The van der Waals surface area contributed by atoms with Gasteiger partial charge < -0.3 is 4.74 Å². The molecule has 1 aromatic carbocycles. The highest BCUT2D eigenvalue weighted by molar-refractivity contribution is 6.29. The smallest absolute Gasteiger partial charge is 0.165 e. The summed E-state index contributed by atoms with van der Waals surface area (Å²) in [6.07, 6.45) is 4.73. The van der Waals surface area contributed by atoms with E-state index in [0.717, 1.165) is 18.5 Å². The molecule has 1 aliphatic rings. The van der Waals surface area contributed by atoms with E-state index in [1.807, 2.05) is 6.07 Å². The van der Waals surface area contributed by atoms with Crippen molar-refractivity contribution in [3.05, 3.63) is 40.9 Å². The summed E-state index contributed by atoms with van der Waals surface area (Å²) in [5, 5.41) is 0.421. The van der Waals surface area contributed by atoms with E-state index < -0.39 is 5.82 Å². The Labute approximate surface area is 128 Å². The molecule has 3 rings (SSSR count). The highest BCUT2D eigenvalue weighted by Gasteiger charge is 2.20. The zero-order valence-electron chi connectivity index (χ0n) is 11.8. The highest BCUT2D eigenvalue weighted by atomic mass is 35.5. The van der Waals surface area contributed by atoms with Crippen molar-refractivity contribution in [2.24, 2.45) is 0 Å². The van der Waals surface area contributed by atoms with Crippen molar-refractivity contribution >= 4 is 11.6 Å². The van der Waals surface area contributed by atoms with Gasteiger partial charge in [0.15, 0.2) is 17.4 Å². The van der Waals surface area contributed by atoms with E-state index >= 15 is 0 Å². The molecule has 0 amide bonds. The van der Waals surface area contributed by atoms with Crippen LogP contribution >= 0.6 is 11.6 Å². The van der Waals surface area contributed by atoms with E-state index in [4.69, 9.17) is 16.3 Å². The third-order valence-electron chi connectivity index (χ3n) is 3.90. The van der Waals surface area contributed by atoms with Gasteiger partial charge in [0.2, 0.25) is 0 Å². The molecule has 0 bridgehead atoms. The minimum absolute atomic E-state index is 0.179.